The van der Waals surface area contributed by atoms with Crippen LogP contribution in [0.2, 0.25) is 0 Å². The van der Waals surface area contributed by atoms with E-state index in [4.69, 9.17) is 9.15 Å². The third kappa shape index (κ3) is 4.51. The third-order valence-corrected chi connectivity index (χ3v) is 1.80. The predicted octanol–water partition coefficient (Wildman–Crippen LogP) is 1.11. The van der Waals surface area contributed by atoms with Crippen LogP contribution in [0, 0.1) is 0 Å². The van der Waals surface area contributed by atoms with Crippen LogP contribution in [0.3, 0.4) is 0 Å². The third-order valence-electron chi connectivity index (χ3n) is 1.80. The average molecular weight is 212 g/mol. The molecule has 15 heavy (non-hydrogen) atoms. The summed E-state index contributed by atoms with van der Waals surface area (Å²) in [6.45, 7) is 2.75. The number of hydrogen-bond donors (Lipinski definition) is 2. The zero-order valence-electron chi connectivity index (χ0n) is 8.95. The minimum Gasteiger partial charge on any atom is -0.467 e. The second kappa shape index (κ2) is 6.08. The molecule has 1 atom stereocenters. The molecule has 1 heterocycles. The number of ether oxygens (including phenoxy) is 1. The second-order valence-corrected chi connectivity index (χ2v) is 3.26. The summed E-state index contributed by atoms with van der Waals surface area (Å²) in [4.78, 5) is 11.3. The number of carbonyl (C=O) groups excluding carboxylic acids is 1. The summed E-state index contributed by atoms with van der Waals surface area (Å²) in [5, 5.41) is 5.40. The van der Waals surface area contributed by atoms with Gasteiger partial charge in [0, 0.05) is 7.11 Å². The van der Waals surface area contributed by atoms with Crippen LogP contribution < -0.4 is 10.6 Å². The van der Waals surface area contributed by atoms with Gasteiger partial charge in [0.1, 0.15) is 5.76 Å². The van der Waals surface area contributed by atoms with Crippen molar-refractivity contribution in [2.75, 3.05) is 13.7 Å². The fraction of sp³-hybridized carbons (Fsp3) is 0.500. The van der Waals surface area contributed by atoms with Gasteiger partial charge in [-0.2, -0.15) is 0 Å². The summed E-state index contributed by atoms with van der Waals surface area (Å²) in [5.74, 6) is 0.726. The SMILES string of the molecule is COCC(C)NC(=O)NCc1ccco1. The van der Waals surface area contributed by atoms with E-state index in [1.165, 1.54) is 0 Å². The number of amides is 2. The maximum absolute atomic E-state index is 11.3. The highest BCUT2D eigenvalue weighted by molar-refractivity contribution is 5.74. The molecule has 1 unspecified atom stereocenters. The van der Waals surface area contributed by atoms with Crippen LogP contribution in [0.4, 0.5) is 4.79 Å². The van der Waals surface area contributed by atoms with Gasteiger partial charge in [-0.25, -0.2) is 4.79 Å². The monoisotopic (exact) mass is 212 g/mol. The van der Waals surface area contributed by atoms with Crippen molar-refractivity contribution in [2.45, 2.75) is 19.5 Å². The summed E-state index contributed by atoms with van der Waals surface area (Å²) in [7, 11) is 1.60. The molecular weight excluding hydrogens is 196 g/mol. The molecule has 0 bridgehead atoms. The van der Waals surface area contributed by atoms with Crippen LogP contribution in [0.25, 0.3) is 0 Å². The number of hydrogen-bond acceptors (Lipinski definition) is 3. The number of rotatable bonds is 5. The molecule has 0 spiro atoms. The molecule has 0 aromatic carbocycles. The Morgan fingerprint density at radius 3 is 3.07 bits per heavy atom. The van der Waals surface area contributed by atoms with Gasteiger partial charge in [-0.15, -0.1) is 0 Å². The number of nitrogens with one attached hydrogen (secondary N) is 2. The maximum atomic E-state index is 11.3. The lowest BCUT2D eigenvalue weighted by molar-refractivity contribution is 0.170. The van der Waals surface area contributed by atoms with Gasteiger partial charge in [-0.1, -0.05) is 0 Å². The fourth-order valence-electron chi connectivity index (χ4n) is 1.15. The first kappa shape index (κ1) is 11.6. The van der Waals surface area contributed by atoms with E-state index in [0.717, 1.165) is 5.76 Å². The zero-order valence-corrected chi connectivity index (χ0v) is 8.95. The van der Waals surface area contributed by atoms with Crippen molar-refractivity contribution < 1.29 is 13.9 Å². The molecule has 0 radical (unpaired) electrons. The Bertz CT molecular complexity index is 285. The Balaban J connectivity index is 2.19. The molecule has 2 amide bonds. The molecule has 0 saturated heterocycles. The zero-order chi connectivity index (χ0) is 11.1. The highest BCUT2D eigenvalue weighted by Crippen LogP contribution is 1.98. The Hall–Kier alpha value is -1.49. The van der Waals surface area contributed by atoms with Gasteiger partial charge in [0.25, 0.3) is 0 Å². The van der Waals surface area contributed by atoms with E-state index in [9.17, 15) is 4.79 Å². The van der Waals surface area contributed by atoms with E-state index in [2.05, 4.69) is 10.6 Å². The first-order valence-electron chi connectivity index (χ1n) is 4.78. The summed E-state index contributed by atoms with van der Waals surface area (Å²) >= 11 is 0. The van der Waals surface area contributed by atoms with E-state index in [-0.39, 0.29) is 12.1 Å². The number of carbonyl (C=O) groups is 1. The first-order chi connectivity index (χ1) is 7.22. The van der Waals surface area contributed by atoms with E-state index in [1.54, 1.807) is 25.5 Å². The van der Waals surface area contributed by atoms with Crippen LogP contribution in [0.5, 0.6) is 0 Å². The molecule has 0 fully saturated rings. The number of urea groups is 1. The lowest BCUT2D eigenvalue weighted by Gasteiger charge is -2.12. The van der Waals surface area contributed by atoms with E-state index in [1.807, 2.05) is 6.92 Å². The van der Waals surface area contributed by atoms with Crippen molar-refractivity contribution in [2.24, 2.45) is 0 Å². The predicted molar refractivity (Wildman–Crippen MR) is 55.4 cm³/mol. The van der Waals surface area contributed by atoms with Gasteiger partial charge in [0.15, 0.2) is 0 Å². The van der Waals surface area contributed by atoms with Crippen LogP contribution in [0.1, 0.15) is 12.7 Å². The Kier molecular flexibility index (Phi) is 4.70. The molecule has 1 aromatic rings. The molecule has 2 N–H and O–H groups in total. The molecule has 0 aliphatic carbocycles. The fourth-order valence-corrected chi connectivity index (χ4v) is 1.15. The van der Waals surface area contributed by atoms with Crippen molar-refractivity contribution in [3.05, 3.63) is 24.2 Å². The standard InChI is InChI=1S/C10H16N2O3/c1-8(7-14-2)12-10(13)11-6-9-4-3-5-15-9/h3-5,8H,6-7H2,1-2H3,(H2,11,12,13). The van der Waals surface area contributed by atoms with Crippen LogP contribution in [0.15, 0.2) is 22.8 Å². The number of furan rings is 1. The first-order valence-corrected chi connectivity index (χ1v) is 4.78. The summed E-state index contributed by atoms with van der Waals surface area (Å²) in [6.07, 6.45) is 1.57. The van der Waals surface area contributed by atoms with Crippen molar-refractivity contribution >= 4 is 6.03 Å². The maximum Gasteiger partial charge on any atom is 0.315 e. The quantitative estimate of drug-likeness (QED) is 0.768. The molecule has 1 aromatic heterocycles. The van der Waals surface area contributed by atoms with Crippen LogP contribution in [-0.4, -0.2) is 25.8 Å². The molecule has 0 saturated carbocycles. The summed E-state index contributed by atoms with van der Waals surface area (Å²) in [5.41, 5.74) is 0. The van der Waals surface area contributed by atoms with Gasteiger partial charge in [0.05, 0.1) is 25.5 Å². The normalized spacial score (nSPS) is 12.1. The summed E-state index contributed by atoms with van der Waals surface area (Å²) < 4.78 is 9.96. The Morgan fingerprint density at radius 1 is 1.67 bits per heavy atom. The van der Waals surface area contributed by atoms with E-state index in [0.29, 0.717) is 13.2 Å². The smallest absolute Gasteiger partial charge is 0.315 e. The topological polar surface area (TPSA) is 63.5 Å². The lowest BCUT2D eigenvalue weighted by atomic mass is 10.4. The molecule has 1 rings (SSSR count). The highest BCUT2D eigenvalue weighted by atomic mass is 16.5. The number of methoxy groups -OCH3 is 1. The second-order valence-electron chi connectivity index (χ2n) is 3.26. The van der Waals surface area contributed by atoms with Crippen molar-refractivity contribution in [3.63, 3.8) is 0 Å². The van der Waals surface area contributed by atoms with Crippen molar-refractivity contribution in [1.82, 2.24) is 10.6 Å². The van der Waals surface area contributed by atoms with E-state index >= 15 is 0 Å². The molecule has 5 heteroatoms. The largest absolute Gasteiger partial charge is 0.467 e. The van der Waals surface area contributed by atoms with E-state index < -0.39 is 0 Å². The van der Waals surface area contributed by atoms with Crippen molar-refractivity contribution in [1.29, 1.82) is 0 Å². The molecule has 0 aliphatic heterocycles. The van der Waals surface area contributed by atoms with Crippen LogP contribution >= 0.6 is 0 Å². The van der Waals surface area contributed by atoms with Gasteiger partial charge >= 0.3 is 6.03 Å². The van der Waals surface area contributed by atoms with Gasteiger partial charge in [-0.3, -0.25) is 0 Å². The molecule has 5 nitrogen and oxygen atoms in total. The van der Waals surface area contributed by atoms with Crippen molar-refractivity contribution in [3.8, 4) is 0 Å². The van der Waals surface area contributed by atoms with Gasteiger partial charge < -0.3 is 19.8 Å². The Morgan fingerprint density at radius 2 is 2.47 bits per heavy atom. The van der Waals surface area contributed by atoms with Gasteiger partial charge in [-0.05, 0) is 19.1 Å². The average Bonchev–Trinajstić information content (AvgIpc) is 2.67. The minimum atomic E-state index is -0.226. The Labute approximate surface area is 88.8 Å². The molecule has 0 aliphatic rings. The molecule has 84 valence electrons. The van der Waals surface area contributed by atoms with Crippen LogP contribution in [-0.2, 0) is 11.3 Å². The van der Waals surface area contributed by atoms with Gasteiger partial charge in [0.2, 0.25) is 0 Å². The highest BCUT2D eigenvalue weighted by Gasteiger charge is 2.06. The minimum absolute atomic E-state index is 0.00778. The lowest BCUT2D eigenvalue weighted by Crippen LogP contribution is -2.42. The molecular formula is C10H16N2O3. The summed E-state index contributed by atoms with van der Waals surface area (Å²) in [6, 6.07) is 3.35.